The fraction of sp³-hybridized carbons (Fsp3) is 0.404. The molecule has 0 aliphatic carbocycles. The molecule has 390 valence electrons. The molecule has 8 amide bonds. The lowest BCUT2D eigenvalue weighted by Crippen LogP contribution is -2.54. The van der Waals surface area contributed by atoms with E-state index in [1.165, 1.54) is 23.8 Å². The second-order valence-corrected chi connectivity index (χ2v) is 18.9. The lowest BCUT2D eigenvalue weighted by atomic mass is 9.95. The fourth-order valence-electron chi connectivity index (χ4n) is 8.25. The van der Waals surface area contributed by atoms with E-state index in [0.717, 1.165) is 28.4 Å². The molecule has 20 nitrogen and oxygen atoms in total. The van der Waals surface area contributed by atoms with E-state index in [9.17, 15) is 33.6 Å². The van der Waals surface area contributed by atoms with Crippen molar-refractivity contribution in [3.05, 3.63) is 95.7 Å². The molecule has 6 rings (SSSR count). The number of nitrogens with one attached hydrogen (secondary N) is 5. The molecule has 1 aliphatic rings. The summed E-state index contributed by atoms with van der Waals surface area (Å²) in [5.74, 6) is -0.929. The van der Waals surface area contributed by atoms with E-state index in [1.807, 2.05) is 61.5 Å². The number of likely N-dealkylation sites (N-methyl/N-ethyl adjacent to an activating group) is 3. The number of hydrogen-bond donors (Lipinski definition) is 6. The second-order valence-electron chi connectivity index (χ2n) is 18.6. The number of nitrogens with zero attached hydrogens (tertiary/aromatic N) is 4. The Morgan fingerprint density at radius 3 is 2.21 bits per heavy atom. The van der Waals surface area contributed by atoms with Crippen molar-refractivity contribution in [2.45, 2.75) is 58.2 Å². The van der Waals surface area contributed by atoms with E-state index in [4.69, 9.17) is 31.5 Å². The summed E-state index contributed by atoms with van der Waals surface area (Å²) in [6.45, 7) is 6.73. The minimum Gasteiger partial charge on any atom is -0.492 e. The van der Waals surface area contributed by atoms with Crippen molar-refractivity contribution in [1.82, 2.24) is 35.6 Å². The van der Waals surface area contributed by atoms with Gasteiger partial charge in [0.1, 0.15) is 42.5 Å². The molecule has 3 atom stereocenters. The minimum atomic E-state index is -1.01. The largest absolute Gasteiger partial charge is 0.492 e. The van der Waals surface area contributed by atoms with Crippen LogP contribution in [0.25, 0.3) is 21.7 Å². The van der Waals surface area contributed by atoms with Crippen LogP contribution in [0.5, 0.6) is 11.5 Å². The number of aromatic nitrogens is 1. The van der Waals surface area contributed by atoms with Crippen LogP contribution in [0.15, 0.2) is 78.9 Å². The summed E-state index contributed by atoms with van der Waals surface area (Å²) < 4.78 is 17.5. The highest BCUT2D eigenvalue weighted by Gasteiger charge is 2.36. The number of benzene rings is 4. The number of primary amides is 1. The Bertz CT molecular complexity index is 2800. The van der Waals surface area contributed by atoms with Gasteiger partial charge in [0, 0.05) is 93.6 Å². The summed E-state index contributed by atoms with van der Waals surface area (Å²) in [7, 11) is 7.05. The summed E-state index contributed by atoms with van der Waals surface area (Å²) >= 11 is 6.55. The molecule has 4 aromatic carbocycles. The third-order valence-corrected chi connectivity index (χ3v) is 12.6. The van der Waals surface area contributed by atoms with Gasteiger partial charge in [-0.2, -0.15) is 0 Å². The lowest BCUT2D eigenvalue weighted by molar-refractivity contribution is -0.131. The minimum absolute atomic E-state index is 0.0937. The monoisotopic (exact) mass is 1020 g/mol. The number of H-pyrrole nitrogens is 1. The van der Waals surface area contributed by atoms with Gasteiger partial charge in [-0.1, -0.05) is 50.2 Å². The van der Waals surface area contributed by atoms with Gasteiger partial charge in [0.2, 0.25) is 17.7 Å². The number of carbonyl (C=O) groups excluding carboxylic acids is 7. The third kappa shape index (κ3) is 14.5. The van der Waals surface area contributed by atoms with Crippen LogP contribution in [-0.2, 0) is 25.7 Å². The molecule has 21 heteroatoms. The molecule has 0 fully saturated rings. The smallest absolute Gasteiger partial charge is 0.415 e. The van der Waals surface area contributed by atoms with Gasteiger partial charge in [0.15, 0.2) is 0 Å². The predicted octanol–water partition coefficient (Wildman–Crippen LogP) is 5.98. The Hall–Kier alpha value is -7.58. The highest BCUT2D eigenvalue weighted by molar-refractivity contribution is 6.19. The molecule has 0 bridgehead atoms. The number of hydrogen-bond acceptors (Lipinski definition) is 11. The zero-order valence-corrected chi connectivity index (χ0v) is 43.0. The van der Waals surface area contributed by atoms with Gasteiger partial charge in [-0.25, -0.2) is 14.4 Å². The molecule has 1 aromatic heterocycles. The average Bonchev–Trinajstić information content (AvgIpc) is 3.96. The van der Waals surface area contributed by atoms with Crippen LogP contribution in [0.2, 0.25) is 0 Å². The number of carbonyl (C=O) groups is 7. The highest BCUT2D eigenvalue weighted by atomic mass is 35.5. The van der Waals surface area contributed by atoms with Crippen molar-refractivity contribution in [2.24, 2.45) is 11.7 Å². The Kier molecular flexibility index (Phi) is 18.9. The number of urea groups is 1. The number of anilines is 2. The maximum absolute atomic E-state index is 14.3. The van der Waals surface area contributed by atoms with Gasteiger partial charge in [-0.15, -0.1) is 11.6 Å². The molecule has 0 saturated heterocycles. The van der Waals surface area contributed by atoms with E-state index in [0.29, 0.717) is 53.3 Å². The van der Waals surface area contributed by atoms with Crippen LogP contribution >= 0.6 is 11.6 Å². The molecular formula is C52H65ClN10O10. The zero-order valence-electron chi connectivity index (χ0n) is 42.2. The first kappa shape index (κ1) is 54.7. The van der Waals surface area contributed by atoms with Crippen molar-refractivity contribution >= 4 is 86.5 Å². The summed E-state index contributed by atoms with van der Waals surface area (Å²) in [4.78, 5) is 100. The number of alkyl halides is 1. The van der Waals surface area contributed by atoms with Crippen molar-refractivity contribution < 1.29 is 47.8 Å². The second kappa shape index (κ2) is 25.2. The first-order chi connectivity index (χ1) is 34.8. The summed E-state index contributed by atoms with van der Waals surface area (Å²) in [5.41, 5.74) is 8.83. The van der Waals surface area contributed by atoms with E-state index in [2.05, 4.69) is 26.3 Å². The number of fused-ring (bicyclic) bond motifs is 4. The Balaban J connectivity index is 1.04. The molecule has 2 heterocycles. The van der Waals surface area contributed by atoms with Crippen LogP contribution in [-0.4, -0.2) is 147 Å². The molecular weight excluding hydrogens is 960 g/mol. The summed E-state index contributed by atoms with van der Waals surface area (Å²) in [5, 5.41) is 12.9. The van der Waals surface area contributed by atoms with E-state index >= 15 is 0 Å². The Labute approximate surface area is 429 Å². The van der Waals surface area contributed by atoms with Gasteiger partial charge in [-0.3, -0.25) is 19.2 Å². The van der Waals surface area contributed by atoms with Crippen LogP contribution < -0.4 is 41.4 Å². The standard InChI is InChI=1S/C52H65ClN10O10/c1-31(2)46(56-32(3)64)48(66)59-41(13-10-20-55-50(54)68)47(65)57-36-16-14-33(15-17-36)30-72-51(69)61(6)21-22-62(7)52(70)73-44-27-43-45(39-12-9-8-11-38(39)44)35(28-53)29-63(43)49(67)42-26-34-25-37(18-19-40(34)58-42)71-24-23-60(4)5/h8-9,11-12,14-19,25-27,31,35,41,46,58H,10,13,20-24,28-30H2,1-7H3,(H,56,64)(H,57,65)(H,59,66)(H3,54,55,68)/t35-,41+,46+/m1/s1. The Morgan fingerprint density at radius 2 is 1.55 bits per heavy atom. The zero-order chi connectivity index (χ0) is 52.9. The topological polar surface area (TPSA) is 250 Å². The average molecular weight is 1030 g/mol. The predicted molar refractivity (Wildman–Crippen MR) is 279 cm³/mol. The quantitative estimate of drug-likeness (QED) is 0.0348. The number of nitrogens with two attached hydrogens (primary N) is 1. The summed E-state index contributed by atoms with van der Waals surface area (Å²) in [6, 6.07) is 20.6. The molecule has 0 unspecified atom stereocenters. The maximum atomic E-state index is 14.3. The van der Waals surface area contributed by atoms with Gasteiger partial charge < -0.3 is 65.8 Å². The number of rotatable bonds is 22. The number of amides is 8. The van der Waals surface area contributed by atoms with Gasteiger partial charge in [0.05, 0.1) is 5.69 Å². The first-order valence-electron chi connectivity index (χ1n) is 24.0. The van der Waals surface area contributed by atoms with Gasteiger partial charge in [0.25, 0.3) is 5.91 Å². The number of ether oxygens (including phenoxy) is 3. The van der Waals surface area contributed by atoms with E-state index in [-0.39, 0.29) is 62.0 Å². The highest BCUT2D eigenvalue weighted by Crippen LogP contribution is 2.46. The van der Waals surface area contributed by atoms with E-state index < -0.39 is 48.0 Å². The van der Waals surface area contributed by atoms with Crippen molar-refractivity contribution in [3.63, 3.8) is 0 Å². The SMILES string of the molecule is CC(=O)N[C@H](C(=O)N[C@@H](CCCNC(N)=O)C(=O)Nc1ccc(COC(=O)N(C)CCN(C)C(=O)Oc2cc3c(c4ccccc24)[C@H](CCl)CN3C(=O)c2cc3cc(OCCN(C)C)ccc3[nH]2)cc1)C(C)C. The molecule has 73 heavy (non-hydrogen) atoms. The number of halogens is 1. The van der Waals surface area contributed by atoms with Crippen molar-refractivity contribution in [1.29, 1.82) is 0 Å². The van der Waals surface area contributed by atoms with Gasteiger partial charge >= 0.3 is 18.2 Å². The fourth-order valence-corrected chi connectivity index (χ4v) is 8.50. The van der Waals surface area contributed by atoms with Crippen LogP contribution in [0.3, 0.4) is 0 Å². The molecule has 5 aromatic rings. The first-order valence-corrected chi connectivity index (χ1v) is 24.5. The molecule has 0 saturated carbocycles. The molecule has 0 radical (unpaired) electrons. The van der Waals surface area contributed by atoms with Gasteiger partial charge in [-0.05, 0) is 85.8 Å². The maximum Gasteiger partial charge on any atom is 0.415 e. The Morgan fingerprint density at radius 1 is 0.849 bits per heavy atom. The van der Waals surface area contributed by atoms with Crippen molar-refractivity contribution in [2.75, 3.05) is 83.6 Å². The molecule has 7 N–H and O–H groups in total. The normalized spacial score (nSPS) is 13.8. The lowest BCUT2D eigenvalue weighted by Gasteiger charge is -2.25. The molecule has 0 spiro atoms. The third-order valence-electron chi connectivity index (χ3n) is 12.3. The molecule has 1 aliphatic heterocycles. The van der Waals surface area contributed by atoms with Crippen LogP contribution in [0.1, 0.15) is 61.1 Å². The summed E-state index contributed by atoms with van der Waals surface area (Å²) in [6.07, 6.45) is -0.839. The number of aromatic amines is 1. The van der Waals surface area contributed by atoms with Crippen LogP contribution in [0.4, 0.5) is 25.8 Å². The van der Waals surface area contributed by atoms with Crippen molar-refractivity contribution in [3.8, 4) is 11.5 Å². The van der Waals surface area contributed by atoms with Crippen LogP contribution in [0, 0.1) is 5.92 Å². The van der Waals surface area contributed by atoms with E-state index in [1.54, 1.807) is 62.2 Å².